The molecule has 0 bridgehead atoms. The van der Waals surface area contributed by atoms with E-state index in [2.05, 4.69) is 10.2 Å². The van der Waals surface area contributed by atoms with Crippen LogP contribution in [-0.2, 0) is 0 Å². The number of nitrogens with zero attached hydrogens (tertiary/aromatic N) is 2. The van der Waals surface area contributed by atoms with E-state index in [4.69, 9.17) is 10.2 Å². The van der Waals surface area contributed by atoms with Gasteiger partial charge in [-0.1, -0.05) is 30.3 Å². The van der Waals surface area contributed by atoms with E-state index in [1.165, 1.54) is 0 Å². The van der Waals surface area contributed by atoms with Crippen LogP contribution in [-0.4, -0.2) is 22.6 Å². The fourth-order valence-corrected chi connectivity index (χ4v) is 2.37. The minimum atomic E-state index is -0.620. The fourth-order valence-electron chi connectivity index (χ4n) is 2.37. The van der Waals surface area contributed by atoms with Crippen molar-refractivity contribution >= 4 is 17.3 Å². The first kappa shape index (κ1) is 15.5. The van der Waals surface area contributed by atoms with Crippen LogP contribution < -0.4 is 16.4 Å². The van der Waals surface area contributed by atoms with Gasteiger partial charge in [-0.3, -0.25) is 4.79 Å². The predicted octanol–water partition coefficient (Wildman–Crippen LogP) is 1.85. The van der Waals surface area contributed by atoms with Crippen LogP contribution in [0.2, 0.25) is 0 Å². The molecule has 0 saturated carbocycles. The summed E-state index contributed by atoms with van der Waals surface area (Å²) in [4.78, 5) is 24.7. The smallest absolute Gasteiger partial charge is 0.392 e. The lowest BCUT2D eigenvalue weighted by atomic mass is 10.1. The Morgan fingerprint density at radius 2 is 1.88 bits per heavy atom. The van der Waals surface area contributed by atoms with E-state index in [-0.39, 0.29) is 5.89 Å². The molecule has 1 radical (unpaired) electrons. The molecule has 0 aliphatic carbocycles. The monoisotopic (exact) mass is 323 g/mol. The summed E-state index contributed by atoms with van der Waals surface area (Å²) in [5.74, 6) is -0.958. The van der Waals surface area contributed by atoms with Crippen molar-refractivity contribution in [2.45, 2.75) is 0 Å². The van der Waals surface area contributed by atoms with Crippen molar-refractivity contribution in [3.05, 3.63) is 83.0 Å². The Morgan fingerprint density at radius 1 is 1.17 bits per heavy atom. The van der Waals surface area contributed by atoms with E-state index in [9.17, 15) is 9.59 Å². The molecule has 0 fully saturated rings. The molecule has 0 unspecified atom stereocenters. The summed E-state index contributed by atoms with van der Waals surface area (Å²) in [7, 11) is 0. The zero-order chi connectivity index (χ0) is 16.9. The maximum absolute atomic E-state index is 11.7. The normalized spacial score (nSPS) is 10.5. The summed E-state index contributed by atoms with van der Waals surface area (Å²) < 4.78 is 4.89. The van der Waals surface area contributed by atoms with Crippen LogP contribution in [0.15, 0.2) is 63.8 Å². The molecule has 2 aromatic carbocycles. The summed E-state index contributed by atoms with van der Waals surface area (Å²) in [5, 5.41) is 5.96. The number of para-hydroxylation sites is 2. The maximum atomic E-state index is 11.7. The van der Waals surface area contributed by atoms with Crippen LogP contribution in [0.4, 0.5) is 11.4 Å². The molecule has 1 aromatic heterocycles. The van der Waals surface area contributed by atoms with Crippen LogP contribution in [0.1, 0.15) is 16.2 Å². The average Bonchev–Trinajstić information content (AvgIpc) is 3.02. The Morgan fingerprint density at radius 3 is 2.54 bits per heavy atom. The zero-order valence-corrected chi connectivity index (χ0v) is 12.7. The van der Waals surface area contributed by atoms with Gasteiger partial charge in [0.25, 0.3) is 5.91 Å². The van der Waals surface area contributed by atoms with Gasteiger partial charge >= 0.3 is 5.76 Å². The largest absolute Gasteiger partial charge is 0.434 e. The predicted molar refractivity (Wildman–Crippen MR) is 88.9 cm³/mol. The SMILES string of the molecule is NC(=O)c1ccccc1N(C[CH]c1n[nH]c(=O)o1)c1ccccc1. The number of aromatic nitrogens is 2. The Bertz CT molecular complexity index is 886. The zero-order valence-electron chi connectivity index (χ0n) is 12.7. The third-order valence-corrected chi connectivity index (χ3v) is 3.43. The molecule has 3 aromatic rings. The number of hydrogen-bond acceptors (Lipinski definition) is 5. The van der Waals surface area contributed by atoms with Crippen LogP contribution in [0.25, 0.3) is 0 Å². The third kappa shape index (κ3) is 3.35. The number of nitrogens with one attached hydrogen (secondary N) is 1. The summed E-state index contributed by atoms with van der Waals surface area (Å²) in [6.45, 7) is 0.335. The van der Waals surface area contributed by atoms with Crippen LogP contribution in [0.5, 0.6) is 0 Å². The van der Waals surface area contributed by atoms with Gasteiger partial charge in [0.2, 0.25) is 5.89 Å². The molecule has 1 amide bonds. The molecule has 7 heteroatoms. The topological polar surface area (TPSA) is 105 Å². The first-order valence-corrected chi connectivity index (χ1v) is 7.25. The lowest BCUT2D eigenvalue weighted by Gasteiger charge is -2.26. The minimum absolute atomic E-state index is 0.178. The molecule has 0 saturated heterocycles. The van der Waals surface area contributed by atoms with Crippen LogP contribution >= 0.6 is 0 Å². The second-order valence-corrected chi connectivity index (χ2v) is 4.98. The first-order chi connectivity index (χ1) is 11.6. The highest BCUT2D eigenvalue weighted by Crippen LogP contribution is 2.28. The van der Waals surface area contributed by atoms with Gasteiger partial charge in [0.1, 0.15) is 0 Å². The summed E-state index contributed by atoms with van der Waals surface area (Å²) >= 11 is 0. The Labute approximate surface area is 137 Å². The number of carbonyl (C=O) groups is 1. The van der Waals surface area contributed by atoms with Crippen molar-refractivity contribution in [2.24, 2.45) is 5.73 Å². The number of hydrogen-bond donors (Lipinski definition) is 2. The van der Waals surface area contributed by atoms with Gasteiger partial charge in [-0.15, -0.1) is 5.10 Å². The highest BCUT2D eigenvalue weighted by molar-refractivity contribution is 5.99. The molecule has 0 spiro atoms. The van der Waals surface area contributed by atoms with Crippen LogP contribution in [0, 0.1) is 6.42 Å². The number of primary amides is 1. The van der Waals surface area contributed by atoms with E-state index in [1.807, 2.05) is 47.4 Å². The molecule has 7 nitrogen and oxygen atoms in total. The van der Waals surface area contributed by atoms with E-state index in [0.29, 0.717) is 17.8 Å². The average molecular weight is 323 g/mol. The Hall–Kier alpha value is -3.35. The van der Waals surface area contributed by atoms with E-state index in [1.54, 1.807) is 18.6 Å². The quantitative estimate of drug-likeness (QED) is 0.720. The molecule has 0 atom stereocenters. The molecule has 24 heavy (non-hydrogen) atoms. The van der Waals surface area contributed by atoms with Crippen molar-refractivity contribution in [1.29, 1.82) is 0 Å². The number of nitrogens with two attached hydrogens (primary N) is 1. The second kappa shape index (κ2) is 6.82. The Kier molecular flexibility index (Phi) is 4.42. The van der Waals surface area contributed by atoms with Gasteiger partial charge in [-0.2, -0.15) is 0 Å². The van der Waals surface area contributed by atoms with E-state index < -0.39 is 11.7 Å². The fraction of sp³-hybridized carbons (Fsp3) is 0.0588. The van der Waals surface area contributed by atoms with E-state index in [0.717, 1.165) is 5.69 Å². The van der Waals surface area contributed by atoms with Gasteiger partial charge in [0.05, 0.1) is 17.7 Å². The van der Waals surface area contributed by atoms with Gasteiger partial charge in [0.15, 0.2) is 0 Å². The summed E-state index contributed by atoms with van der Waals surface area (Å²) in [6, 6.07) is 16.6. The Balaban J connectivity index is 1.96. The molecule has 0 aliphatic heterocycles. The van der Waals surface area contributed by atoms with Crippen molar-refractivity contribution in [2.75, 3.05) is 11.4 Å². The lowest BCUT2D eigenvalue weighted by molar-refractivity contribution is 0.100. The van der Waals surface area contributed by atoms with Gasteiger partial charge in [-0.05, 0) is 24.3 Å². The number of anilines is 2. The van der Waals surface area contributed by atoms with E-state index >= 15 is 0 Å². The number of benzene rings is 2. The molecule has 121 valence electrons. The molecule has 0 aliphatic rings. The second-order valence-electron chi connectivity index (χ2n) is 4.98. The van der Waals surface area contributed by atoms with Gasteiger partial charge in [-0.25, -0.2) is 9.89 Å². The number of aromatic amines is 1. The summed E-state index contributed by atoms with van der Waals surface area (Å²) in [5.41, 5.74) is 7.41. The molecule has 3 N–H and O–H groups in total. The highest BCUT2D eigenvalue weighted by atomic mass is 16.4. The molecule has 3 rings (SSSR count). The van der Waals surface area contributed by atoms with Gasteiger partial charge in [0, 0.05) is 12.2 Å². The summed E-state index contributed by atoms with van der Waals surface area (Å²) in [6.07, 6.45) is 1.64. The van der Waals surface area contributed by atoms with Gasteiger partial charge < -0.3 is 15.1 Å². The third-order valence-electron chi connectivity index (χ3n) is 3.43. The van der Waals surface area contributed by atoms with Crippen molar-refractivity contribution < 1.29 is 9.21 Å². The minimum Gasteiger partial charge on any atom is -0.392 e. The maximum Gasteiger partial charge on any atom is 0.434 e. The highest BCUT2D eigenvalue weighted by Gasteiger charge is 2.17. The van der Waals surface area contributed by atoms with Crippen molar-refractivity contribution in [3.8, 4) is 0 Å². The van der Waals surface area contributed by atoms with Crippen LogP contribution in [0.3, 0.4) is 0 Å². The first-order valence-electron chi connectivity index (χ1n) is 7.25. The van der Waals surface area contributed by atoms with Crippen molar-refractivity contribution in [3.63, 3.8) is 0 Å². The standard InChI is InChI=1S/C17H15N4O3/c18-16(22)13-8-4-5-9-14(13)21(12-6-2-1-3-7-12)11-10-15-19-20-17(23)24-15/h1-10H,11H2,(H2,18,22)(H,20,23). The number of H-pyrrole nitrogens is 1. The molecular formula is C17H15N4O3. The number of rotatable bonds is 6. The molecular weight excluding hydrogens is 308 g/mol. The lowest BCUT2D eigenvalue weighted by Crippen LogP contribution is -2.23. The number of amides is 1. The van der Waals surface area contributed by atoms with Crippen molar-refractivity contribution in [1.82, 2.24) is 10.2 Å². The number of carbonyl (C=O) groups excluding carboxylic acids is 1. The molecule has 1 heterocycles.